The number of ketones is 1. The van der Waals surface area contributed by atoms with Crippen LogP contribution in [0.15, 0.2) is 18.5 Å². The second kappa shape index (κ2) is 5.07. The first-order valence-electron chi connectivity index (χ1n) is 5.66. The number of nitrogens with two attached hydrogens (primary N) is 1. The average Bonchev–Trinajstić information content (AvgIpc) is 2.74. The van der Waals surface area contributed by atoms with Crippen LogP contribution in [0.5, 0.6) is 0 Å². The summed E-state index contributed by atoms with van der Waals surface area (Å²) in [6, 6.07) is 1.74. The van der Waals surface area contributed by atoms with Gasteiger partial charge in [-0.05, 0) is 31.5 Å². The standard InChI is InChI=1S/C12H17N3O/c13-12-2-4-15-8-10(12)6-11(16)5-9-1-3-14-7-9/h2,4,8-9,14H,1,3,5-7H2,(H2,13,15). The van der Waals surface area contributed by atoms with Gasteiger partial charge in [-0.2, -0.15) is 0 Å². The van der Waals surface area contributed by atoms with Gasteiger partial charge in [0.1, 0.15) is 5.78 Å². The minimum absolute atomic E-state index is 0.258. The van der Waals surface area contributed by atoms with E-state index in [1.54, 1.807) is 18.5 Å². The summed E-state index contributed by atoms with van der Waals surface area (Å²) in [6.07, 6.45) is 5.50. The number of pyridine rings is 1. The molecule has 0 bridgehead atoms. The van der Waals surface area contributed by atoms with Crippen LogP contribution >= 0.6 is 0 Å². The van der Waals surface area contributed by atoms with Crippen molar-refractivity contribution < 1.29 is 4.79 Å². The Hall–Kier alpha value is -1.42. The van der Waals surface area contributed by atoms with Crippen molar-refractivity contribution in [3.05, 3.63) is 24.0 Å². The molecule has 2 heterocycles. The lowest BCUT2D eigenvalue weighted by atomic mass is 9.98. The predicted molar refractivity (Wildman–Crippen MR) is 63.0 cm³/mol. The topological polar surface area (TPSA) is 68.0 Å². The van der Waals surface area contributed by atoms with Gasteiger partial charge in [0.15, 0.2) is 0 Å². The predicted octanol–water partition coefficient (Wildman–Crippen LogP) is 0.775. The number of carbonyl (C=O) groups is 1. The van der Waals surface area contributed by atoms with Gasteiger partial charge < -0.3 is 11.1 Å². The SMILES string of the molecule is Nc1ccncc1CC(=O)CC1CCNC1. The van der Waals surface area contributed by atoms with Crippen LogP contribution in [-0.4, -0.2) is 23.9 Å². The Balaban J connectivity index is 1.89. The lowest BCUT2D eigenvalue weighted by molar-refractivity contribution is -0.119. The van der Waals surface area contributed by atoms with Crippen molar-refractivity contribution in [2.24, 2.45) is 5.92 Å². The van der Waals surface area contributed by atoms with Gasteiger partial charge in [0.2, 0.25) is 0 Å². The highest BCUT2D eigenvalue weighted by Crippen LogP contribution is 2.16. The zero-order chi connectivity index (χ0) is 11.4. The average molecular weight is 219 g/mol. The molecule has 1 aliphatic rings. The molecule has 2 rings (SSSR count). The summed E-state index contributed by atoms with van der Waals surface area (Å²) < 4.78 is 0. The number of rotatable bonds is 4. The van der Waals surface area contributed by atoms with Gasteiger partial charge in [0, 0.05) is 36.5 Å². The highest BCUT2D eigenvalue weighted by atomic mass is 16.1. The van der Waals surface area contributed by atoms with E-state index in [9.17, 15) is 4.79 Å². The second-order valence-corrected chi connectivity index (χ2v) is 4.35. The van der Waals surface area contributed by atoms with Crippen LogP contribution < -0.4 is 11.1 Å². The van der Waals surface area contributed by atoms with Crippen molar-refractivity contribution in [3.63, 3.8) is 0 Å². The minimum Gasteiger partial charge on any atom is -0.398 e. The quantitative estimate of drug-likeness (QED) is 0.785. The molecule has 1 aromatic rings. The molecule has 1 aromatic heterocycles. The zero-order valence-corrected chi connectivity index (χ0v) is 9.28. The van der Waals surface area contributed by atoms with Crippen molar-refractivity contribution in [2.45, 2.75) is 19.3 Å². The molecule has 1 aliphatic heterocycles. The fraction of sp³-hybridized carbons (Fsp3) is 0.500. The van der Waals surface area contributed by atoms with E-state index in [2.05, 4.69) is 10.3 Å². The van der Waals surface area contributed by atoms with E-state index in [-0.39, 0.29) is 5.78 Å². The highest BCUT2D eigenvalue weighted by molar-refractivity contribution is 5.82. The highest BCUT2D eigenvalue weighted by Gasteiger charge is 2.18. The number of Topliss-reactive ketones (excluding diaryl/α,β-unsaturated/α-hetero) is 1. The van der Waals surface area contributed by atoms with Gasteiger partial charge in [0.25, 0.3) is 0 Å². The Bertz CT molecular complexity index is 372. The molecule has 0 saturated carbocycles. The summed E-state index contributed by atoms with van der Waals surface area (Å²) in [5.74, 6) is 0.763. The van der Waals surface area contributed by atoms with Crippen molar-refractivity contribution >= 4 is 11.5 Å². The third-order valence-electron chi connectivity index (χ3n) is 3.01. The van der Waals surface area contributed by atoms with E-state index in [1.165, 1.54) is 0 Å². The van der Waals surface area contributed by atoms with Crippen LogP contribution in [0.3, 0.4) is 0 Å². The van der Waals surface area contributed by atoms with Crippen molar-refractivity contribution in [1.29, 1.82) is 0 Å². The first kappa shape index (κ1) is 11.1. The lowest BCUT2D eigenvalue weighted by Crippen LogP contribution is -2.14. The molecule has 0 aliphatic carbocycles. The number of nitrogens with one attached hydrogen (secondary N) is 1. The number of aromatic nitrogens is 1. The van der Waals surface area contributed by atoms with E-state index >= 15 is 0 Å². The number of nitrogen functional groups attached to an aromatic ring is 1. The van der Waals surface area contributed by atoms with E-state index in [0.29, 0.717) is 24.4 Å². The van der Waals surface area contributed by atoms with Gasteiger partial charge in [-0.15, -0.1) is 0 Å². The smallest absolute Gasteiger partial charge is 0.137 e. The van der Waals surface area contributed by atoms with Gasteiger partial charge in [0.05, 0.1) is 0 Å². The number of hydrogen-bond acceptors (Lipinski definition) is 4. The molecule has 4 heteroatoms. The van der Waals surface area contributed by atoms with Crippen LogP contribution in [0, 0.1) is 5.92 Å². The molecule has 0 amide bonds. The monoisotopic (exact) mass is 219 g/mol. The molecular formula is C12H17N3O. The molecule has 4 nitrogen and oxygen atoms in total. The Morgan fingerprint density at radius 2 is 2.50 bits per heavy atom. The first-order chi connectivity index (χ1) is 7.75. The van der Waals surface area contributed by atoms with Crippen LogP contribution in [0.4, 0.5) is 5.69 Å². The molecule has 1 fully saturated rings. The van der Waals surface area contributed by atoms with E-state index in [0.717, 1.165) is 25.1 Å². The molecule has 1 unspecified atom stereocenters. The second-order valence-electron chi connectivity index (χ2n) is 4.35. The molecule has 0 aromatic carbocycles. The summed E-state index contributed by atoms with van der Waals surface area (Å²) in [4.78, 5) is 15.8. The number of anilines is 1. The summed E-state index contributed by atoms with van der Waals surface area (Å²) in [5.41, 5.74) is 7.28. The number of nitrogens with zero attached hydrogens (tertiary/aromatic N) is 1. The number of hydrogen-bond donors (Lipinski definition) is 2. The summed E-state index contributed by atoms with van der Waals surface area (Å²) in [7, 11) is 0. The van der Waals surface area contributed by atoms with Gasteiger partial charge in [-0.25, -0.2) is 0 Å². The van der Waals surface area contributed by atoms with Crippen molar-refractivity contribution in [3.8, 4) is 0 Å². The Morgan fingerprint density at radius 3 is 3.19 bits per heavy atom. The van der Waals surface area contributed by atoms with Crippen LogP contribution in [0.25, 0.3) is 0 Å². The van der Waals surface area contributed by atoms with Gasteiger partial charge in [-0.1, -0.05) is 0 Å². The summed E-state index contributed by atoms with van der Waals surface area (Å²) in [6.45, 7) is 2.00. The number of carbonyl (C=O) groups excluding carboxylic acids is 1. The Morgan fingerprint density at radius 1 is 1.62 bits per heavy atom. The van der Waals surface area contributed by atoms with E-state index in [4.69, 9.17) is 5.73 Å². The molecule has 0 spiro atoms. The molecule has 3 N–H and O–H groups in total. The third kappa shape index (κ3) is 2.79. The van der Waals surface area contributed by atoms with Crippen LogP contribution in [0.2, 0.25) is 0 Å². The van der Waals surface area contributed by atoms with Crippen molar-refractivity contribution in [2.75, 3.05) is 18.8 Å². The normalized spacial score (nSPS) is 19.9. The Kier molecular flexibility index (Phi) is 3.51. The largest absolute Gasteiger partial charge is 0.398 e. The van der Waals surface area contributed by atoms with E-state index in [1.807, 2.05) is 0 Å². The maximum Gasteiger partial charge on any atom is 0.137 e. The zero-order valence-electron chi connectivity index (χ0n) is 9.28. The first-order valence-corrected chi connectivity index (χ1v) is 5.66. The van der Waals surface area contributed by atoms with Crippen LogP contribution in [0.1, 0.15) is 18.4 Å². The Labute approximate surface area is 95.3 Å². The molecule has 0 radical (unpaired) electrons. The molecule has 1 saturated heterocycles. The molecule has 16 heavy (non-hydrogen) atoms. The molecular weight excluding hydrogens is 202 g/mol. The molecule has 1 atom stereocenters. The fourth-order valence-corrected chi connectivity index (χ4v) is 2.08. The van der Waals surface area contributed by atoms with Crippen molar-refractivity contribution in [1.82, 2.24) is 10.3 Å². The van der Waals surface area contributed by atoms with E-state index < -0.39 is 0 Å². The molecule has 86 valence electrons. The lowest BCUT2D eigenvalue weighted by Gasteiger charge is -2.08. The van der Waals surface area contributed by atoms with Crippen LogP contribution in [-0.2, 0) is 11.2 Å². The summed E-state index contributed by atoms with van der Waals surface area (Å²) >= 11 is 0. The third-order valence-corrected chi connectivity index (χ3v) is 3.01. The maximum atomic E-state index is 11.8. The van der Waals surface area contributed by atoms with Gasteiger partial charge in [-0.3, -0.25) is 9.78 Å². The fourth-order valence-electron chi connectivity index (χ4n) is 2.08. The van der Waals surface area contributed by atoms with Gasteiger partial charge >= 0.3 is 0 Å². The summed E-state index contributed by atoms with van der Waals surface area (Å²) in [5, 5.41) is 3.26. The minimum atomic E-state index is 0.258. The maximum absolute atomic E-state index is 11.8.